The Morgan fingerprint density at radius 3 is 2.22 bits per heavy atom. The molecular weight excluding hydrogens is 307 g/mol. The van der Waals surface area contributed by atoms with Crippen LogP contribution in [0.5, 0.6) is 5.75 Å². The molecule has 2 aromatic rings. The van der Waals surface area contributed by atoms with Crippen molar-refractivity contribution >= 4 is 11.4 Å². The van der Waals surface area contributed by atoms with Gasteiger partial charge in [0.2, 0.25) is 0 Å². The van der Waals surface area contributed by atoms with Crippen LogP contribution < -0.4 is 10.1 Å². The molecule has 0 amide bonds. The lowest BCUT2D eigenvalue weighted by Crippen LogP contribution is -2.07. The minimum atomic E-state index is -1.58. The van der Waals surface area contributed by atoms with Gasteiger partial charge in [0.05, 0.1) is 12.3 Å². The van der Waals surface area contributed by atoms with E-state index in [-0.39, 0.29) is 5.69 Å². The summed E-state index contributed by atoms with van der Waals surface area (Å²) in [5.74, 6) is -4.20. The second-order valence-corrected chi connectivity index (χ2v) is 4.34. The van der Waals surface area contributed by atoms with Gasteiger partial charge < -0.3 is 10.1 Å². The molecule has 2 rings (SSSR count). The van der Waals surface area contributed by atoms with E-state index in [1.165, 1.54) is 18.2 Å². The van der Waals surface area contributed by atoms with E-state index in [1.54, 1.807) is 25.1 Å². The van der Waals surface area contributed by atoms with E-state index < -0.39 is 34.3 Å². The molecule has 0 atom stereocenters. The van der Waals surface area contributed by atoms with Gasteiger partial charge in [0.15, 0.2) is 17.5 Å². The van der Waals surface area contributed by atoms with Crippen LogP contribution in [-0.4, -0.2) is 6.61 Å². The lowest BCUT2D eigenvalue weighted by Gasteiger charge is -2.14. The molecule has 7 heteroatoms. The van der Waals surface area contributed by atoms with Crippen molar-refractivity contribution in [3.63, 3.8) is 0 Å². The summed E-state index contributed by atoms with van der Waals surface area (Å²) < 4.78 is 47.5. The van der Waals surface area contributed by atoms with Crippen LogP contribution in [0, 0.1) is 40.1 Å². The number of hydrogen-bond acceptors (Lipinski definition) is 4. The van der Waals surface area contributed by atoms with Crippen molar-refractivity contribution < 1.29 is 17.9 Å². The fourth-order valence-corrected chi connectivity index (χ4v) is 1.97. The molecule has 0 aromatic heterocycles. The molecule has 0 spiro atoms. The molecule has 0 fully saturated rings. The van der Waals surface area contributed by atoms with Crippen LogP contribution in [0.4, 0.5) is 24.5 Å². The standard InChI is InChI=1S/C16H10F3N3O/c1-2-23-12-6-4-3-5-11(12)22-16-14(18)10(8-21)9(7-20)13(17)15(16)19/h3-6,22H,2H2,1H3. The van der Waals surface area contributed by atoms with Crippen molar-refractivity contribution in [2.24, 2.45) is 0 Å². The summed E-state index contributed by atoms with van der Waals surface area (Å²) in [6.45, 7) is 2.04. The maximum atomic E-state index is 14.3. The predicted octanol–water partition coefficient (Wildman–Crippen LogP) is 3.99. The number of benzene rings is 2. The molecule has 0 bridgehead atoms. The van der Waals surface area contributed by atoms with Gasteiger partial charge in [-0.15, -0.1) is 0 Å². The summed E-state index contributed by atoms with van der Waals surface area (Å²) >= 11 is 0. The van der Waals surface area contributed by atoms with Crippen LogP contribution in [0.25, 0.3) is 0 Å². The third kappa shape index (κ3) is 2.90. The van der Waals surface area contributed by atoms with Crippen LogP contribution in [0.2, 0.25) is 0 Å². The van der Waals surface area contributed by atoms with Crippen molar-refractivity contribution in [2.75, 3.05) is 11.9 Å². The molecule has 2 aromatic carbocycles. The molecule has 0 aliphatic rings. The van der Waals surface area contributed by atoms with E-state index in [9.17, 15) is 13.2 Å². The van der Waals surface area contributed by atoms with E-state index in [1.807, 2.05) is 0 Å². The molecule has 0 saturated carbocycles. The van der Waals surface area contributed by atoms with Crippen LogP contribution >= 0.6 is 0 Å². The average molecular weight is 317 g/mol. The minimum absolute atomic E-state index is 0.195. The molecule has 4 nitrogen and oxygen atoms in total. The Morgan fingerprint density at radius 1 is 1.00 bits per heavy atom. The molecule has 23 heavy (non-hydrogen) atoms. The first-order valence-electron chi connectivity index (χ1n) is 6.54. The maximum Gasteiger partial charge on any atom is 0.186 e. The SMILES string of the molecule is CCOc1ccccc1Nc1c(F)c(F)c(C#N)c(C#N)c1F. The van der Waals surface area contributed by atoms with Gasteiger partial charge in [0.25, 0.3) is 0 Å². The minimum Gasteiger partial charge on any atom is -0.492 e. The van der Waals surface area contributed by atoms with Crippen LogP contribution in [0.3, 0.4) is 0 Å². The molecule has 0 unspecified atom stereocenters. The Labute approximate surface area is 130 Å². The van der Waals surface area contributed by atoms with Crippen molar-refractivity contribution in [2.45, 2.75) is 6.92 Å². The van der Waals surface area contributed by atoms with Gasteiger partial charge >= 0.3 is 0 Å². The van der Waals surface area contributed by atoms with Crippen molar-refractivity contribution in [3.05, 3.63) is 52.8 Å². The number of nitriles is 2. The van der Waals surface area contributed by atoms with E-state index >= 15 is 0 Å². The Balaban J connectivity index is 2.61. The highest BCUT2D eigenvalue weighted by molar-refractivity contribution is 5.70. The maximum absolute atomic E-state index is 14.3. The Kier molecular flexibility index (Phi) is 4.72. The summed E-state index contributed by atoms with van der Waals surface area (Å²) in [6, 6.07) is 8.95. The first-order valence-corrected chi connectivity index (χ1v) is 6.54. The summed E-state index contributed by atoms with van der Waals surface area (Å²) in [4.78, 5) is 0. The van der Waals surface area contributed by atoms with Crippen molar-refractivity contribution in [1.29, 1.82) is 10.5 Å². The van der Waals surface area contributed by atoms with E-state index in [2.05, 4.69) is 5.32 Å². The fourth-order valence-electron chi connectivity index (χ4n) is 1.97. The second kappa shape index (κ2) is 6.71. The Morgan fingerprint density at radius 2 is 1.61 bits per heavy atom. The summed E-state index contributed by atoms with van der Waals surface area (Å²) in [6.07, 6.45) is 0. The highest BCUT2D eigenvalue weighted by atomic mass is 19.2. The zero-order valence-corrected chi connectivity index (χ0v) is 12.0. The molecule has 0 saturated heterocycles. The predicted molar refractivity (Wildman–Crippen MR) is 76.6 cm³/mol. The van der Waals surface area contributed by atoms with Gasteiger partial charge in [-0.2, -0.15) is 10.5 Å². The first kappa shape index (κ1) is 16.2. The van der Waals surface area contributed by atoms with Crippen molar-refractivity contribution in [3.8, 4) is 17.9 Å². The van der Waals surface area contributed by atoms with Crippen molar-refractivity contribution in [1.82, 2.24) is 0 Å². The largest absolute Gasteiger partial charge is 0.492 e. The quantitative estimate of drug-likeness (QED) is 0.866. The molecule has 0 radical (unpaired) electrons. The number of anilines is 2. The van der Waals surface area contributed by atoms with Crippen LogP contribution in [-0.2, 0) is 0 Å². The summed E-state index contributed by atoms with van der Waals surface area (Å²) in [5.41, 5.74) is -2.49. The van der Waals surface area contributed by atoms with Gasteiger partial charge in [-0.3, -0.25) is 0 Å². The Bertz CT molecular complexity index is 838. The van der Waals surface area contributed by atoms with Crippen LogP contribution in [0.15, 0.2) is 24.3 Å². The topological polar surface area (TPSA) is 68.8 Å². The number of nitrogens with zero attached hydrogens (tertiary/aromatic N) is 2. The molecule has 116 valence electrons. The summed E-state index contributed by atoms with van der Waals surface area (Å²) in [7, 11) is 0. The van der Waals surface area contributed by atoms with Gasteiger partial charge in [-0.25, -0.2) is 13.2 Å². The Hall–Kier alpha value is -3.19. The number of nitrogens with one attached hydrogen (secondary N) is 1. The number of para-hydroxylation sites is 2. The molecule has 0 heterocycles. The lowest BCUT2D eigenvalue weighted by molar-refractivity contribution is 0.342. The fraction of sp³-hybridized carbons (Fsp3) is 0.125. The third-order valence-corrected chi connectivity index (χ3v) is 2.99. The molecule has 1 N–H and O–H groups in total. The first-order chi connectivity index (χ1) is 11.0. The highest BCUT2D eigenvalue weighted by Gasteiger charge is 2.25. The average Bonchev–Trinajstić information content (AvgIpc) is 2.56. The van der Waals surface area contributed by atoms with E-state index in [4.69, 9.17) is 15.3 Å². The zero-order chi connectivity index (χ0) is 17.0. The second-order valence-electron chi connectivity index (χ2n) is 4.34. The smallest absolute Gasteiger partial charge is 0.186 e. The van der Waals surface area contributed by atoms with E-state index in [0.717, 1.165) is 0 Å². The molecular formula is C16H10F3N3O. The van der Waals surface area contributed by atoms with E-state index in [0.29, 0.717) is 12.4 Å². The molecule has 0 aliphatic heterocycles. The summed E-state index contributed by atoms with van der Waals surface area (Å²) in [5, 5.41) is 20.0. The van der Waals surface area contributed by atoms with Gasteiger partial charge in [0, 0.05) is 0 Å². The molecule has 0 aliphatic carbocycles. The van der Waals surface area contributed by atoms with Gasteiger partial charge in [0.1, 0.15) is 34.7 Å². The number of hydrogen-bond donors (Lipinski definition) is 1. The third-order valence-electron chi connectivity index (χ3n) is 2.99. The number of rotatable bonds is 4. The number of halogens is 3. The monoisotopic (exact) mass is 317 g/mol. The number of ether oxygens (including phenoxy) is 1. The normalized spacial score (nSPS) is 9.83. The van der Waals surface area contributed by atoms with Gasteiger partial charge in [-0.1, -0.05) is 12.1 Å². The highest BCUT2D eigenvalue weighted by Crippen LogP contribution is 2.33. The van der Waals surface area contributed by atoms with Gasteiger partial charge in [-0.05, 0) is 19.1 Å². The zero-order valence-electron chi connectivity index (χ0n) is 12.0. The lowest BCUT2D eigenvalue weighted by atomic mass is 10.1. The van der Waals surface area contributed by atoms with Crippen LogP contribution in [0.1, 0.15) is 18.1 Å².